The van der Waals surface area contributed by atoms with Crippen LogP contribution in [0.3, 0.4) is 0 Å². The molecular weight excluding hydrogens is 350 g/mol. The third-order valence-electron chi connectivity index (χ3n) is 4.57. The molecule has 0 saturated carbocycles. The highest BCUT2D eigenvalue weighted by molar-refractivity contribution is 6.11. The highest BCUT2D eigenvalue weighted by atomic mass is 16.3. The maximum absolute atomic E-state index is 12.6. The molecule has 0 aliphatic heterocycles. The molecule has 0 saturated heterocycles. The van der Waals surface area contributed by atoms with E-state index in [4.69, 9.17) is 4.42 Å². The van der Waals surface area contributed by atoms with Gasteiger partial charge in [-0.15, -0.1) is 0 Å². The molecule has 2 aromatic heterocycles. The predicted molar refractivity (Wildman–Crippen MR) is 109 cm³/mol. The maximum atomic E-state index is 12.6. The first-order valence-electron chi connectivity index (χ1n) is 8.90. The molecule has 0 aliphatic rings. The van der Waals surface area contributed by atoms with Crippen LogP contribution in [0.5, 0.6) is 0 Å². The Morgan fingerprint density at radius 2 is 1.68 bits per heavy atom. The number of anilines is 1. The van der Waals surface area contributed by atoms with Gasteiger partial charge in [-0.05, 0) is 41.8 Å². The molecule has 1 N–H and O–H groups in total. The fourth-order valence-corrected chi connectivity index (χ4v) is 3.29. The second-order valence-corrected chi connectivity index (χ2v) is 6.37. The molecule has 2 heterocycles. The number of hydrogen-bond donors (Lipinski definition) is 1. The number of amides is 1. The van der Waals surface area contributed by atoms with Crippen molar-refractivity contribution in [3.8, 4) is 11.5 Å². The van der Waals surface area contributed by atoms with Gasteiger partial charge in [0, 0.05) is 22.8 Å². The quantitative estimate of drug-likeness (QED) is 0.471. The van der Waals surface area contributed by atoms with Crippen LogP contribution in [0.15, 0.2) is 89.5 Å². The van der Waals surface area contributed by atoms with E-state index in [9.17, 15) is 4.79 Å². The standard InChI is InChI=1S/C23H15N3O2/c27-22(19-11-3-4-14-24-19)25-18-12-6-8-15-7-5-9-16(21(15)18)23-26-17-10-1-2-13-20(17)28-23/h1-14H,(H,25,27). The molecule has 0 unspecified atom stereocenters. The third kappa shape index (κ3) is 2.79. The SMILES string of the molecule is O=C(Nc1cccc2cccc(-c3nc4ccccc4o3)c12)c1ccccn1. The fraction of sp³-hybridized carbons (Fsp3) is 0. The molecule has 5 rings (SSSR count). The van der Waals surface area contributed by atoms with Gasteiger partial charge in [0.25, 0.3) is 5.91 Å². The molecule has 5 aromatic rings. The zero-order valence-electron chi connectivity index (χ0n) is 14.8. The monoisotopic (exact) mass is 365 g/mol. The number of pyridine rings is 1. The Hall–Kier alpha value is -3.99. The van der Waals surface area contributed by atoms with Gasteiger partial charge in [-0.25, -0.2) is 4.98 Å². The largest absolute Gasteiger partial charge is 0.436 e. The van der Waals surface area contributed by atoms with Crippen LogP contribution in [0.25, 0.3) is 33.3 Å². The van der Waals surface area contributed by atoms with E-state index in [0.717, 1.165) is 27.4 Å². The second-order valence-electron chi connectivity index (χ2n) is 6.37. The predicted octanol–water partition coefficient (Wildman–Crippen LogP) is 5.30. The lowest BCUT2D eigenvalue weighted by molar-refractivity contribution is 0.102. The van der Waals surface area contributed by atoms with Crippen molar-refractivity contribution in [2.75, 3.05) is 5.32 Å². The summed E-state index contributed by atoms with van der Waals surface area (Å²) < 4.78 is 5.97. The first kappa shape index (κ1) is 16.2. The van der Waals surface area contributed by atoms with E-state index in [0.29, 0.717) is 17.3 Å². The van der Waals surface area contributed by atoms with Crippen molar-refractivity contribution in [1.82, 2.24) is 9.97 Å². The maximum Gasteiger partial charge on any atom is 0.274 e. The Morgan fingerprint density at radius 3 is 2.50 bits per heavy atom. The van der Waals surface area contributed by atoms with Crippen molar-refractivity contribution >= 4 is 33.5 Å². The lowest BCUT2D eigenvalue weighted by Gasteiger charge is -2.11. The summed E-state index contributed by atoms with van der Waals surface area (Å²) in [5.41, 5.74) is 3.39. The number of fused-ring (bicyclic) bond motifs is 2. The molecule has 0 bridgehead atoms. The molecule has 0 aliphatic carbocycles. The van der Waals surface area contributed by atoms with Crippen LogP contribution >= 0.6 is 0 Å². The Bertz CT molecular complexity index is 1270. The Morgan fingerprint density at radius 1 is 0.857 bits per heavy atom. The molecule has 28 heavy (non-hydrogen) atoms. The number of rotatable bonds is 3. The van der Waals surface area contributed by atoms with Gasteiger partial charge in [-0.2, -0.15) is 0 Å². The average molecular weight is 365 g/mol. The number of para-hydroxylation sites is 2. The summed E-state index contributed by atoms with van der Waals surface area (Å²) >= 11 is 0. The normalized spacial score (nSPS) is 11.0. The molecular formula is C23H15N3O2. The number of carbonyl (C=O) groups excluding carboxylic acids is 1. The zero-order chi connectivity index (χ0) is 18.9. The molecule has 134 valence electrons. The van der Waals surface area contributed by atoms with Crippen LogP contribution in [0.4, 0.5) is 5.69 Å². The molecule has 0 atom stereocenters. The van der Waals surface area contributed by atoms with Gasteiger partial charge >= 0.3 is 0 Å². The van der Waals surface area contributed by atoms with Gasteiger partial charge in [0.15, 0.2) is 5.58 Å². The molecule has 0 spiro atoms. The number of oxazole rings is 1. The van der Waals surface area contributed by atoms with Crippen LogP contribution in [0.1, 0.15) is 10.5 Å². The number of nitrogens with zero attached hydrogens (tertiary/aromatic N) is 2. The first-order valence-corrected chi connectivity index (χ1v) is 8.90. The molecule has 5 heteroatoms. The molecule has 0 fully saturated rings. The van der Waals surface area contributed by atoms with Gasteiger partial charge in [0.2, 0.25) is 5.89 Å². The number of aromatic nitrogens is 2. The summed E-state index contributed by atoms with van der Waals surface area (Å²) in [5.74, 6) is 0.256. The van der Waals surface area contributed by atoms with Crippen molar-refractivity contribution in [3.05, 3.63) is 90.8 Å². The second kappa shape index (κ2) is 6.63. The number of carbonyl (C=O) groups is 1. The lowest BCUT2D eigenvalue weighted by Crippen LogP contribution is -2.13. The van der Waals surface area contributed by atoms with E-state index in [1.165, 1.54) is 0 Å². The smallest absolute Gasteiger partial charge is 0.274 e. The lowest BCUT2D eigenvalue weighted by atomic mass is 10.0. The van der Waals surface area contributed by atoms with Crippen molar-refractivity contribution in [1.29, 1.82) is 0 Å². The van der Waals surface area contributed by atoms with Crippen molar-refractivity contribution in [2.24, 2.45) is 0 Å². The molecule has 5 nitrogen and oxygen atoms in total. The summed E-state index contributed by atoms with van der Waals surface area (Å²) in [5, 5.41) is 4.83. The van der Waals surface area contributed by atoms with Crippen LogP contribution in [0, 0.1) is 0 Å². The van der Waals surface area contributed by atoms with Crippen LogP contribution < -0.4 is 5.32 Å². The van der Waals surface area contributed by atoms with Crippen molar-refractivity contribution in [3.63, 3.8) is 0 Å². The van der Waals surface area contributed by atoms with Gasteiger partial charge in [0.1, 0.15) is 11.2 Å². The van der Waals surface area contributed by atoms with E-state index in [2.05, 4.69) is 15.3 Å². The van der Waals surface area contributed by atoms with Gasteiger partial charge in [0.05, 0.1) is 0 Å². The Labute approximate surface area is 160 Å². The minimum atomic E-state index is -0.263. The van der Waals surface area contributed by atoms with E-state index in [-0.39, 0.29) is 5.91 Å². The number of benzene rings is 3. The van der Waals surface area contributed by atoms with Crippen LogP contribution in [-0.4, -0.2) is 15.9 Å². The topological polar surface area (TPSA) is 68.0 Å². The zero-order valence-corrected chi connectivity index (χ0v) is 14.8. The minimum Gasteiger partial charge on any atom is -0.436 e. The third-order valence-corrected chi connectivity index (χ3v) is 4.57. The van der Waals surface area contributed by atoms with Gasteiger partial charge in [-0.3, -0.25) is 9.78 Å². The van der Waals surface area contributed by atoms with E-state index in [1.807, 2.05) is 60.7 Å². The molecule has 0 radical (unpaired) electrons. The molecule has 1 amide bonds. The summed E-state index contributed by atoms with van der Waals surface area (Å²) in [6, 6.07) is 24.6. The number of hydrogen-bond acceptors (Lipinski definition) is 4. The van der Waals surface area contributed by atoms with Gasteiger partial charge < -0.3 is 9.73 Å². The van der Waals surface area contributed by atoms with Gasteiger partial charge in [-0.1, -0.05) is 42.5 Å². The van der Waals surface area contributed by atoms with Crippen LogP contribution in [0.2, 0.25) is 0 Å². The van der Waals surface area contributed by atoms with E-state index >= 15 is 0 Å². The Balaban J connectivity index is 1.65. The van der Waals surface area contributed by atoms with E-state index < -0.39 is 0 Å². The number of nitrogens with one attached hydrogen (secondary N) is 1. The summed E-state index contributed by atoms with van der Waals surface area (Å²) in [7, 11) is 0. The highest BCUT2D eigenvalue weighted by Crippen LogP contribution is 2.35. The summed E-state index contributed by atoms with van der Waals surface area (Å²) in [6.45, 7) is 0. The summed E-state index contributed by atoms with van der Waals surface area (Å²) in [6.07, 6.45) is 1.60. The minimum absolute atomic E-state index is 0.263. The highest BCUT2D eigenvalue weighted by Gasteiger charge is 2.16. The molecule has 3 aromatic carbocycles. The summed E-state index contributed by atoms with van der Waals surface area (Å²) in [4.78, 5) is 21.4. The fourth-order valence-electron chi connectivity index (χ4n) is 3.29. The van der Waals surface area contributed by atoms with Crippen molar-refractivity contribution in [2.45, 2.75) is 0 Å². The van der Waals surface area contributed by atoms with Crippen LogP contribution in [-0.2, 0) is 0 Å². The Kier molecular flexibility index (Phi) is 3.84. The van der Waals surface area contributed by atoms with Crippen molar-refractivity contribution < 1.29 is 9.21 Å². The van der Waals surface area contributed by atoms with E-state index in [1.54, 1.807) is 24.4 Å². The first-order chi connectivity index (χ1) is 13.8. The average Bonchev–Trinajstić information content (AvgIpc) is 3.18.